The molecule has 3 N–H and O–H groups in total. The fourth-order valence-corrected chi connectivity index (χ4v) is 8.28. The number of nitrogens with one attached hydrogen (secondary N) is 2. The Morgan fingerprint density at radius 2 is 1.56 bits per heavy atom. The van der Waals surface area contributed by atoms with E-state index in [0.717, 1.165) is 17.0 Å². The van der Waals surface area contributed by atoms with E-state index in [1.807, 2.05) is 0 Å². The first-order valence-electron chi connectivity index (χ1n) is 15.6. The number of carbonyl (C=O) groups is 2. The van der Waals surface area contributed by atoms with Crippen LogP contribution in [-0.4, -0.2) is 65.9 Å². The first-order valence-corrected chi connectivity index (χ1v) is 17.1. The zero-order chi connectivity index (χ0) is 36.0. The number of anilines is 1. The van der Waals surface area contributed by atoms with Crippen LogP contribution in [0.5, 0.6) is 0 Å². The Balaban J connectivity index is 1.47. The minimum absolute atomic E-state index is 0.00707. The summed E-state index contributed by atoms with van der Waals surface area (Å²) in [6.07, 6.45) is -1.36. The Kier molecular flexibility index (Phi) is 11.1. The van der Waals surface area contributed by atoms with Gasteiger partial charge in [-0.1, -0.05) is 48.5 Å². The van der Waals surface area contributed by atoms with Gasteiger partial charge in [0.2, 0.25) is 21.0 Å². The number of sulfonamides is 1. The van der Waals surface area contributed by atoms with Gasteiger partial charge in [-0.3, -0.25) is 4.79 Å². The highest BCUT2D eigenvalue weighted by molar-refractivity contribution is 7.89. The average molecular weight is 708 g/mol. The molecule has 1 aliphatic heterocycles. The molecule has 50 heavy (non-hydrogen) atoms. The van der Waals surface area contributed by atoms with Gasteiger partial charge in [-0.15, -0.1) is 0 Å². The molecule has 15 heteroatoms. The molecule has 0 radical (unpaired) electrons. The van der Waals surface area contributed by atoms with E-state index in [-0.39, 0.29) is 53.2 Å². The maximum Gasteiger partial charge on any atom is 0.407 e. The molecule has 4 aromatic carbocycles. The van der Waals surface area contributed by atoms with Crippen LogP contribution < -0.4 is 10.2 Å². The number of amides is 2. The lowest BCUT2D eigenvalue weighted by molar-refractivity contribution is -0.117. The minimum Gasteiger partial charge on any atom is -0.465 e. The van der Waals surface area contributed by atoms with Crippen LogP contribution in [0.2, 0.25) is 0 Å². The van der Waals surface area contributed by atoms with Gasteiger partial charge in [-0.05, 0) is 79.4 Å². The molecule has 0 aromatic heterocycles. The Hall–Kier alpha value is -5.37. The fraction of sp³-hybridized carbons (Fsp3) is 0.257. The van der Waals surface area contributed by atoms with Gasteiger partial charge >= 0.3 is 6.09 Å². The second-order valence-corrected chi connectivity index (χ2v) is 13.7. The molecule has 0 saturated carbocycles. The Labute approximate surface area is 286 Å². The van der Waals surface area contributed by atoms with Gasteiger partial charge in [-0.2, -0.15) is 4.31 Å². The van der Waals surface area contributed by atoms with Crippen LogP contribution in [0.1, 0.15) is 36.0 Å². The second kappa shape index (κ2) is 15.5. The van der Waals surface area contributed by atoms with Crippen molar-refractivity contribution in [1.82, 2.24) is 14.1 Å². The number of piperazine rings is 1. The van der Waals surface area contributed by atoms with E-state index >= 15 is 4.39 Å². The van der Waals surface area contributed by atoms with E-state index in [0.29, 0.717) is 0 Å². The molecule has 3 unspecified atom stereocenters. The first-order chi connectivity index (χ1) is 23.9. The summed E-state index contributed by atoms with van der Waals surface area (Å²) in [4.78, 5) is 30.1. The number of carbonyl (C=O) groups excluding carboxylic acids is 1. The SMILES string of the molecule is CC1CN(C(=O)O)CC(CCc2c(F)cccc2NC(=O)C(N=[N+]=N)C(c2cccc(F)c2)c2cccc(F)c2)N1S(=O)(=O)c1ccccc1. The fourth-order valence-electron chi connectivity index (χ4n) is 6.43. The topological polar surface area (TPSA) is 157 Å². The number of hydrogen-bond donors (Lipinski definition) is 3. The van der Waals surface area contributed by atoms with Crippen LogP contribution in [0, 0.1) is 23.0 Å². The van der Waals surface area contributed by atoms with Gasteiger partial charge in [-0.25, -0.2) is 26.4 Å². The normalized spacial score (nSPS) is 17.2. The average Bonchev–Trinajstić information content (AvgIpc) is 3.08. The van der Waals surface area contributed by atoms with Crippen LogP contribution in [-0.2, 0) is 21.2 Å². The van der Waals surface area contributed by atoms with Crippen molar-refractivity contribution in [3.63, 3.8) is 0 Å². The van der Waals surface area contributed by atoms with E-state index in [1.54, 1.807) is 25.1 Å². The third-order valence-electron chi connectivity index (χ3n) is 8.59. The molecule has 0 aliphatic carbocycles. The third kappa shape index (κ3) is 7.91. The van der Waals surface area contributed by atoms with Crippen molar-refractivity contribution in [2.45, 2.75) is 48.7 Å². The highest BCUT2D eigenvalue weighted by Gasteiger charge is 2.42. The number of halogens is 3. The monoisotopic (exact) mass is 707 g/mol. The Morgan fingerprint density at radius 3 is 2.14 bits per heavy atom. The lowest BCUT2D eigenvalue weighted by Crippen LogP contribution is -2.60. The molecule has 11 nitrogen and oxygen atoms in total. The molecule has 260 valence electrons. The lowest BCUT2D eigenvalue weighted by atomic mass is 9.84. The molecule has 4 aromatic rings. The molecule has 0 spiro atoms. The molecular weight excluding hydrogens is 673 g/mol. The van der Waals surface area contributed by atoms with E-state index in [2.05, 4.69) is 15.3 Å². The smallest absolute Gasteiger partial charge is 0.407 e. The molecule has 3 atom stereocenters. The number of rotatable bonds is 11. The van der Waals surface area contributed by atoms with E-state index in [1.165, 1.54) is 71.0 Å². The van der Waals surface area contributed by atoms with E-state index < -0.39 is 63.5 Å². The lowest BCUT2D eigenvalue weighted by Gasteiger charge is -2.43. The highest BCUT2D eigenvalue weighted by atomic mass is 32.2. The largest absolute Gasteiger partial charge is 0.465 e. The summed E-state index contributed by atoms with van der Waals surface area (Å²) in [6.45, 7) is 1.37. The predicted octanol–water partition coefficient (Wildman–Crippen LogP) is 6.17. The predicted molar refractivity (Wildman–Crippen MR) is 177 cm³/mol. The number of benzene rings is 4. The summed E-state index contributed by atoms with van der Waals surface area (Å²) in [5.74, 6) is -3.93. The van der Waals surface area contributed by atoms with Crippen molar-refractivity contribution in [1.29, 1.82) is 5.53 Å². The van der Waals surface area contributed by atoms with Gasteiger partial charge in [0.25, 0.3) is 5.91 Å². The highest BCUT2D eigenvalue weighted by Crippen LogP contribution is 2.33. The van der Waals surface area contributed by atoms with E-state index in [9.17, 15) is 31.9 Å². The zero-order valence-electron chi connectivity index (χ0n) is 26.8. The minimum atomic E-state index is -4.08. The van der Waals surface area contributed by atoms with Gasteiger partial charge in [0.15, 0.2) is 0 Å². The van der Waals surface area contributed by atoms with Crippen molar-refractivity contribution < 1.29 is 36.3 Å². The van der Waals surface area contributed by atoms with Crippen molar-refractivity contribution in [3.05, 3.63) is 131 Å². The molecule has 1 heterocycles. The van der Waals surface area contributed by atoms with Gasteiger partial charge in [0.1, 0.15) is 28.1 Å². The van der Waals surface area contributed by atoms with Crippen molar-refractivity contribution >= 4 is 27.7 Å². The molecule has 1 fully saturated rings. The van der Waals surface area contributed by atoms with Crippen molar-refractivity contribution in [3.8, 4) is 0 Å². The number of carboxylic acid groups (broad SMARTS) is 1. The molecule has 0 bridgehead atoms. The van der Waals surface area contributed by atoms with Crippen LogP contribution in [0.15, 0.2) is 107 Å². The maximum atomic E-state index is 15.5. The van der Waals surface area contributed by atoms with Crippen molar-refractivity contribution in [2.75, 3.05) is 18.4 Å². The van der Waals surface area contributed by atoms with Crippen LogP contribution in [0.4, 0.5) is 23.7 Å². The van der Waals surface area contributed by atoms with Crippen molar-refractivity contribution in [2.24, 2.45) is 5.11 Å². The molecule has 2 amide bonds. The molecular formula is C35H34F3N6O5S+. The molecule has 1 saturated heterocycles. The quantitative estimate of drug-likeness (QED) is 0.126. The summed E-state index contributed by atoms with van der Waals surface area (Å²) in [6, 6.07) is 19.1. The van der Waals surface area contributed by atoms with Gasteiger partial charge < -0.3 is 15.3 Å². The summed E-state index contributed by atoms with van der Waals surface area (Å²) < 4.78 is 73.1. The van der Waals surface area contributed by atoms with Gasteiger partial charge in [0, 0.05) is 42.3 Å². The van der Waals surface area contributed by atoms with Crippen LogP contribution >= 0.6 is 0 Å². The Bertz CT molecular complexity index is 1980. The third-order valence-corrected chi connectivity index (χ3v) is 10.7. The summed E-state index contributed by atoms with van der Waals surface area (Å²) >= 11 is 0. The summed E-state index contributed by atoms with van der Waals surface area (Å²) in [7, 11) is -4.08. The maximum absolute atomic E-state index is 15.5. The summed E-state index contributed by atoms with van der Waals surface area (Å²) in [5.41, 5.74) is 7.94. The van der Waals surface area contributed by atoms with Gasteiger partial charge in [0.05, 0.1) is 4.90 Å². The van der Waals surface area contributed by atoms with Crippen LogP contribution in [0.3, 0.4) is 0 Å². The molecule has 1 aliphatic rings. The Morgan fingerprint density at radius 1 is 0.940 bits per heavy atom. The number of hydrogen-bond acceptors (Lipinski definition) is 6. The number of nitrogens with zero attached hydrogens (tertiary/aromatic N) is 4. The second-order valence-electron chi connectivity index (χ2n) is 11.9. The first kappa shape index (κ1) is 35.9. The standard InChI is InChI=1S/C35H33F3N6O5S/c1-22-20-43(35(46)47)21-27(44(22)50(48,49)28-12-3-2-4-13-28)16-17-29-30(38)14-7-15-31(29)40-34(45)33(41-42-39)32(23-8-5-10-25(36)18-23)24-9-6-11-26(37)19-24/h2-15,18-19,22,27,32-33,39H,16-17,20-21H2,1H3,(H-,40,45,46,47)/p+1. The molecule has 5 rings (SSSR count). The zero-order valence-corrected chi connectivity index (χ0v) is 27.6. The summed E-state index contributed by atoms with van der Waals surface area (Å²) in [5, 5.41) is 16.2. The van der Waals surface area contributed by atoms with Crippen LogP contribution in [0.25, 0.3) is 0 Å². The van der Waals surface area contributed by atoms with E-state index in [4.69, 9.17) is 5.53 Å².